The fourth-order valence-corrected chi connectivity index (χ4v) is 3.26. The lowest BCUT2D eigenvalue weighted by atomic mass is 9.97. The fourth-order valence-electron chi connectivity index (χ4n) is 3.26. The van der Waals surface area contributed by atoms with Gasteiger partial charge in [-0.15, -0.1) is 0 Å². The topological polar surface area (TPSA) is 60.6 Å². The van der Waals surface area contributed by atoms with Gasteiger partial charge in [-0.1, -0.05) is 13.3 Å². The van der Waals surface area contributed by atoms with Crippen LogP contribution in [0.4, 0.5) is 0 Å². The summed E-state index contributed by atoms with van der Waals surface area (Å²) in [6.45, 7) is 7.50. The zero-order valence-corrected chi connectivity index (χ0v) is 13.7. The summed E-state index contributed by atoms with van der Waals surface area (Å²) in [5.74, 6) is 2.81. The molecule has 0 amide bonds. The standard InChI is InChI=1S/C17H27N5/c1-3-4-7-16-18-10-15(21-16)12-22-8-5-6-14(11-22)17-19-9-13(2)20-17/h9-10,14H,3-8,11-12H2,1-2H3,(H,18,21)(H,19,20). The number of hydrogen-bond donors (Lipinski definition) is 2. The molecule has 120 valence electrons. The van der Waals surface area contributed by atoms with Gasteiger partial charge in [-0.3, -0.25) is 4.90 Å². The van der Waals surface area contributed by atoms with Crippen molar-refractivity contribution in [3.05, 3.63) is 35.4 Å². The number of piperidine rings is 1. The van der Waals surface area contributed by atoms with Crippen LogP contribution >= 0.6 is 0 Å². The predicted molar refractivity (Wildman–Crippen MR) is 87.8 cm³/mol. The highest BCUT2D eigenvalue weighted by Crippen LogP contribution is 2.25. The molecule has 1 aliphatic rings. The number of imidazole rings is 2. The summed E-state index contributed by atoms with van der Waals surface area (Å²) in [6, 6.07) is 0. The van der Waals surface area contributed by atoms with Gasteiger partial charge < -0.3 is 9.97 Å². The normalized spacial score (nSPS) is 19.6. The van der Waals surface area contributed by atoms with Crippen molar-refractivity contribution in [3.63, 3.8) is 0 Å². The Bertz CT molecular complexity index is 585. The van der Waals surface area contributed by atoms with Crippen molar-refractivity contribution in [2.24, 2.45) is 0 Å². The SMILES string of the molecule is CCCCc1ncc(CN2CCCC(c3ncc(C)[nH]3)C2)[nH]1. The first kappa shape index (κ1) is 15.3. The first-order valence-electron chi connectivity index (χ1n) is 8.51. The smallest absolute Gasteiger partial charge is 0.110 e. The molecule has 0 saturated carbocycles. The van der Waals surface area contributed by atoms with Gasteiger partial charge in [0.15, 0.2) is 0 Å². The van der Waals surface area contributed by atoms with Crippen LogP contribution in [0, 0.1) is 6.92 Å². The number of hydrogen-bond acceptors (Lipinski definition) is 3. The molecule has 0 bridgehead atoms. The molecule has 3 heterocycles. The van der Waals surface area contributed by atoms with E-state index in [-0.39, 0.29) is 0 Å². The van der Waals surface area contributed by atoms with E-state index in [0.717, 1.165) is 36.9 Å². The van der Waals surface area contributed by atoms with Gasteiger partial charge in [0.25, 0.3) is 0 Å². The zero-order chi connectivity index (χ0) is 15.4. The average molecular weight is 301 g/mol. The number of likely N-dealkylation sites (tertiary alicyclic amines) is 1. The van der Waals surface area contributed by atoms with Gasteiger partial charge in [-0.05, 0) is 32.7 Å². The van der Waals surface area contributed by atoms with Crippen LogP contribution in [0.3, 0.4) is 0 Å². The average Bonchev–Trinajstić information content (AvgIpc) is 3.15. The summed E-state index contributed by atoms with van der Waals surface area (Å²) in [4.78, 5) is 18.4. The molecule has 22 heavy (non-hydrogen) atoms. The highest BCUT2D eigenvalue weighted by molar-refractivity contribution is 5.07. The number of H-pyrrole nitrogens is 2. The van der Waals surface area contributed by atoms with Crippen LogP contribution in [0.5, 0.6) is 0 Å². The molecule has 3 rings (SSSR count). The Balaban J connectivity index is 1.57. The third kappa shape index (κ3) is 3.77. The molecule has 0 radical (unpaired) electrons. The molecular formula is C17H27N5. The van der Waals surface area contributed by atoms with Crippen LogP contribution in [0.2, 0.25) is 0 Å². The van der Waals surface area contributed by atoms with Gasteiger partial charge in [0, 0.05) is 49.2 Å². The summed E-state index contributed by atoms with van der Waals surface area (Å²) in [5, 5.41) is 0. The van der Waals surface area contributed by atoms with Gasteiger partial charge in [-0.25, -0.2) is 9.97 Å². The first-order valence-corrected chi connectivity index (χ1v) is 8.51. The molecular weight excluding hydrogens is 274 g/mol. The Kier molecular flexibility index (Phi) is 4.93. The molecule has 5 heteroatoms. The minimum Gasteiger partial charge on any atom is -0.346 e. The minimum absolute atomic E-state index is 0.532. The number of unbranched alkanes of at least 4 members (excludes halogenated alkanes) is 1. The van der Waals surface area contributed by atoms with E-state index in [4.69, 9.17) is 0 Å². The summed E-state index contributed by atoms with van der Waals surface area (Å²) >= 11 is 0. The number of rotatable bonds is 6. The van der Waals surface area contributed by atoms with Crippen molar-refractivity contribution >= 4 is 0 Å². The maximum atomic E-state index is 4.52. The molecule has 2 aromatic heterocycles. The van der Waals surface area contributed by atoms with E-state index in [0.29, 0.717) is 5.92 Å². The summed E-state index contributed by atoms with van der Waals surface area (Å²) in [7, 11) is 0. The molecule has 0 aliphatic carbocycles. The van der Waals surface area contributed by atoms with Crippen molar-refractivity contribution < 1.29 is 0 Å². The van der Waals surface area contributed by atoms with E-state index in [1.165, 1.54) is 37.9 Å². The third-order valence-electron chi connectivity index (χ3n) is 4.46. The quantitative estimate of drug-likeness (QED) is 0.861. The Morgan fingerprint density at radius 2 is 2.18 bits per heavy atom. The molecule has 1 saturated heterocycles. The Hall–Kier alpha value is -1.62. The van der Waals surface area contributed by atoms with Gasteiger partial charge in [0.05, 0.1) is 0 Å². The van der Waals surface area contributed by atoms with E-state index in [9.17, 15) is 0 Å². The van der Waals surface area contributed by atoms with Crippen LogP contribution in [0.15, 0.2) is 12.4 Å². The van der Waals surface area contributed by atoms with Crippen LogP contribution < -0.4 is 0 Å². The first-order chi connectivity index (χ1) is 10.7. The number of aryl methyl sites for hydroxylation is 2. The van der Waals surface area contributed by atoms with Crippen molar-refractivity contribution in [1.82, 2.24) is 24.8 Å². The van der Waals surface area contributed by atoms with Crippen LogP contribution in [0.25, 0.3) is 0 Å². The van der Waals surface area contributed by atoms with Crippen LogP contribution in [-0.2, 0) is 13.0 Å². The molecule has 1 atom stereocenters. The molecule has 0 aromatic carbocycles. The minimum atomic E-state index is 0.532. The Morgan fingerprint density at radius 1 is 1.27 bits per heavy atom. The van der Waals surface area contributed by atoms with Crippen molar-refractivity contribution in [2.75, 3.05) is 13.1 Å². The lowest BCUT2D eigenvalue weighted by Gasteiger charge is -2.31. The summed E-state index contributed by atoms with van der Waals surface area (Å²) in [5.41, 5.74) is 2.39. The van der Waals surface area contributed by atoms with Gasteiger partial charge in [0.1, 0.15) is 11.6 Å². The third-order valence-corrected chi connectivity index (χ3v) is 4.46. The summed E-state index contributed by atoms with van der Waals surface area (Å²) < 4.78 is 0. The lowest BCUT2D eigenvalue weighted by Crippen LogP contribution is -2.34. The second kappa shape index (κ2) is 7.09. The fraction of sp³-hybridized carbons (Fsp3) is 0.647. The lowest BCUT2D eigenvalue weighted by molar-refractivity contribution is 0.195. The number of nitrogens with one attached hydrogen (secondary N) is 2. The Labute approximate surface area is 132 Å². The molecule has 5 nitrogen and oxygen atoms in total. The van der Waals surface area contributed by atoms with E-state index >= 15 is 0 Å². The van der Waals surface area contributed by atoms with Crippen molar-refractivity contribution in [1.29, 1.82) is 0 Å². The predicted octanol–water partition coefficient (Wildman–Crippen LogP) is 3.16. The Morgan fingerprint density at radius 3 is 2.95 bits per heavy atom. The van der Waals surface area contributed by atoms with Crippen molar-refractivity contribution in [3.8, 4) is 0 Å². The second-order valence-electron chi connectivity index (χ2n) is 6.48. The zero-order valence-electron chi connectivity index (χ0n) is 13.7. The molecule has 0 spiro atoms. The maximum absolute atomic E-state index is 4.52. The van der Waals surface area contributed by atoms with Crippen molar-refractivity contribution in [2.45, 2.75) is 58.4 Å². The van der Waals surface area contributed by atoms with E-state index < -0.39 is 0 Å². The van der Waals surface area contributed by atoms with Gasteiger partial charge in [-0.2, -0.15) is 0 Å². The molecule has 1 fully saturated rings. The van der Waals surface area contributed by atoms with Crippen LogP contribution in [0.1, 0.15) is 61.6 Å². The van der Waals surface area contributed by atoms with E-state index in [1.54, 1.807) is 0 Å². The molecule has 2 N–H and O–H groups in total. The van der Waals surface area contributed by atoms with E-state index in [1.807, 2.05) is 12.4 Å². The molecule has 1 unspecified atom stereocenters. The molecule has 1 aliphatic heterocycles. The van der Waals surface area contributed by atoms with Gasteiger partial charge >= 0.3 is 0 Å². The number of aromatic nitrogens is 4. The largest absolute Gasteiger partial charge is 0.346 e. The number of nitrogens with zero attached hydrogens (tertiary/aromatic N) is 3. The molecule has 2 aromatic rings. The van der Waals surface area contributed by atoms with Gasteiger partial charge in [0.2, 0.25) is 0 Å². The van der Waals surface area contributed by atoms with Crippen LogP contribution in [-0.4, -0.2) is 37.9 Å². The monoisotopic (exact) mass is 301 g/mol. The second-order valence-corrected chi connectivity index (χ2v) is 6.48. The highest BCUT2D eigenvalue weighted by Gasteiger charge is 2.23. The summed E-state index contributed by atoms with van der Waals surface area (Å²) in [6.07, 6.45) is 9.89. The van der Waals surface area contributed by atoms with E-state index in [2.05, 4.69) is 38.7 Å². The highest BCUT2D eigenvalue weighted by atomic mass is 15.1. The number of aromatic amines is 2. The maximum Gasteiger partial charge on any atom is 0.110 e.